The molecule has 2 aromatic rings. The van der Waals surface area contributed by atoms with Gasteiger partial charge in [-0.05, 0) is 56.1 Å². The van der Waals surface area contributed by atoms with Gasteiger partial charge in [-0.15, -0.1) is 0 Å². The topological polar surface area (TPSA) is 64.0 Å². The van der Waals surface area contributed by atoms with Gasteiger partial charge in [0.25, 0.3) is 5.56 Å². The maximum atomic E-state index is 12.4. The predicted octanol–water partition coefficient (Wildman–Crippen LogP) is 2.97. The van der Waals surface area contributed by atoms with Crippen LogP contribution in [0.15, 0.2) is 34.2 Å². The molecule has 1 aromatic heterocycles. The van der Waals surface area contributed by atoms with Gasteiger partial charge in [-0.3, -0.25) is 14.2 Å². The number of carbonyl (C=O) groups is 1. The molecule has 1 aromatic carbocycles. The predicted molar refractivity (Wildman–Crippen MR) is 104 cm³/mol. The lowest BCUT2D eigenvalue weighted by atomic mass is 9.84. The summed E-state index contributed by atoms with van der Waals surface area (Å²) in [5, 5.41) is 4.36. The quantitative estimate of drug-likeness (QED) is 0.648. The number of hydrogen-bond donors (Lipinski definition) is 1. The number of benzene rings is 1. The zero-order valence-electron chi connectivity index (χ0n) is 15.3. The van der Waals surface area contributed by atoms with Crippen LogP contribution in [0.2, 0.25) is 0 Å². The van der Waals surface area contributed by atoms with Crippen LogP contribution in [0, 0.1) is 17.8 Å². The van der Waals surface area contributed by atoms with Gasteiger partial charge in [0.05, 0.1) is 16.7 Å². The molecule has 4 atom stereocenters. The Balaban J connectivity index is 1.39. The van der Waals surface area contributed by atoms with Crippen molar-refractivity contribution in [3.8, 4) is 0 Å². The number of thioether (sulfide) groups is 1. The molecule has 6 heteroatoms. The minimum Gasteiger partial charge on any atom is -0.353 e. The Morgan fingerprint density at radius 2 is 2.15 bits per heavy atom. The van der Waals surface area contributed by atoms with Crippen LogP contribution in [0.1, 0.15) is 32.6 Å². The Morgan fingerprint density at radius 3 is 2.88 bits per heavy atom. The van der Waals surface area contributed by atoms with Crippen molar-refractivity contribution in [2.75, 3.05) is 5.75 Å². The van der Waals surface area contributed by atoms with Gasteiger partial charge in [-0.2, -0.15) is 0 Å². The molecule has 0 aliphatic heterocycles. The summed E-state index contributed by atoms with van der Waals surface area (Å²) in [5.41, 5.74) is 0.600. The maximum absolute atomic E-state index is 12.4. The minimum atomic E-state index is -0.0751. The average molecular weight is 372 g/mol. The van der Waals surface area contributed by atoms with Crippen molar-refractivity contribution in [1.29, 1.82) is 0 Å². The number of nitrogens with one attached hydrogen (secondary N) is 1. The van der Waals surface area contributed by atoms with E-state index in [0.717, 1.165) is 11.8 Å². The van der Waals surface area contributed by atoms with E-state index in [1.807, 2.05) is 18.2 Å². The third-order valence-electron chi connectivity index (χ3n) is 6.10. The monoisotopic (exact) mass is 371 g/mol. The molecule has 4 rings (SSSR count). The highest BCUT2D eigenvalue weighted by Gasteiger charge is 2.42. The first kappa shape index (κ1) is 17.6. The van der Waals surface area contributed by atoms with E-state index in [2.05, 4.69) is 17.2 Å². The van der Waals surface area contributed by atoms with Gasteiger partial charge in [-0.1, -0.05) is 30.3 Å². The third-order valence-corrected chi connectivity index (χ3v) is 7.13. The second kappa shape index (κ2) is 7.06. The van der Waals surface area contributed by atoms with Gasteiger partial charge in [-0.25, -0.2) is 4.98 Å². The van der Waals surface area contributed by atoms with Crippen molar-refractivity contribution in [1.82, 2.24) is 14.9 Å². The molecule has 2 fully saturated rings. The van der Waals surface area contributed by atoms with Crippen molar-refractivity contribution in [3.05, 3.63) is 34.6 Å². The van der Waals surface area contributed by atoms with Gasteiger partial charge in [0, 0.05) is 13.1 Å². The van der Waals surface area contributed by atoms with Crippen molar-refractivity contribution < 1.29 is 4.79 Å². The molecule has 5 nitrogen and oxygen atoms in total. The first-order chi connectivity index (χ1) is 12.5. The smallest absolute Gasteiger partial charge is 0.261 e. The van der Waals surface area contributed by atoms with Gasteiger partial charge >= 0.3 is 0 Å². The summed E-state index contributed by atoms with van der Waals surface area (Å²) < 4.78 is 1.53. The van der Waals surface area contributed by atoms with Gasteiger partial charge < -0.3 is 5.32 Å². The fourth-order valence-electron chi connectivity index (χ4n) is 4.77. The Kier molecular flexibility index (Phi) is 4.78. The lowest BCUT2D eigenvalue weighted by Crippen LogP contribution is -2.41. The molecular formula is C20H25N3O2S. The lowest BCUT2D eigenvalue weighted by Gasteiger charge is -2.28. The highest BCUT2D eigenvalue weighted by atomic mass is 32.2. The van der Waals surface area contributed by atoms with Crippen LogP contribution in [0.5, 0.6) is 0 Å². The Hall–Kier alpha value is -1.82. The van der Waals surface area contributed by atoms with Crippen LogP contribution >= 0.6 is 11.8 Å². The number of rotatable bonds is 5. The number of nitrogens with zero attached hydrogens (tertiary/aromatic N) is 2. The van der Waals surface area contributed by atoms with Crippen LogP contribution < -0.4 is 10.9 Å². The number of amides is 1. The summed E-state index contributed by atoms with van der Waals surface area (Å²) in [7, 11) is 1.71. The summed E-state index contributed by atoms with van der Waals surface area (Å²) in [4.78, 5) is 29.4. The Labute approximate surface area is 157 Å². The standard InChI is InChI=1S/C20H25N3O2S/c1-12(16-10-13-7-8-14(16)9-13)21-18(24)11-26-20-22-17-6-4-3-5-15(17)19(25)23(20)2/h3-6,12-14,16H,7-11H2,1-2H3,(H,21,24)/t12-,13-,14-,16-/m1/s1. The fourth-order valence-corrected chi connectivity index (χ4v) is 5.55. The molecule has 0 unspecified atom stereocenters. The van der Waals surface area contributed by atoms with E-state index in [0.29, 0.717) is 22.0 Å². The molecule has 1 amide bonds. The second-order valence-corrected chi connectivity index (χ2v) is 8.70. The van der Waals surface area contributed by atoms with Crippen LogP contribution in [0.4, 0.5) is 0 Å². The number of hydrogen-bond acceptors (Lipinski definition) is 4. The first-order valence-electron chi connectivity index (χ1n) is 9.41. The van der Waals surface area contributed by atoms with Gasteiger partial charge in [0.2, 0.25) is 5.91 Å². The van der Waals surface area contributed by atoms with Crippen molar-refractivity contribution >= 4 is 28.6 Å². The summed E-state index contributed by atoms with van der Waals surface area (Å²) in [5.74, 6) is 2.61. The summed E-state index contributed by atoms with van der Waals surface area (Å²) in [6.07, 6.45) is 5.31. The molecule has 26 heavy (non-hydrogen) atoms. The minimum absolute atomic E-state index is 0.0210. The maximum Gasteiger partial charge on any atom is 0.261 e. The number of para-hydroxylation sites is 1. The Morgan fingerprint density at radius 1 is 1.35 bits per heavy atom. The fraction of sp³-hybridized carbons (Fsp3) is 0.550. The van der Waals surface area contributed by atoms with Crippen molar-refractivity contribution in [2.24, 2.45) is 24.8 Å². The molecule has 2 aliphatic carbocycles. The highest BCUT2D eigenvalue weighted by Crippen LogP contribution is 2.49. The molecule has 0 spiro atoms. The molecule has 2 aliphatic rings. The van der Waals surface area contributed by atoms with Crippen LogP contribution in [0.3, 0.4) is 0 Å². The largest absolute Gasteiger partial charge is 0.353 e. The number of carbonyl (C=O) groups excluding carboxylic acids is 1. The average Bonchev–Trinajstić information content (AvgIpc) is 3.27. The van der Waals surface area contributed by atoms with E-state index in [-0.39, 0.29) is 23.3 Å². The first-order valence-corrected chi connectivity index (χ1v) is 10.4. The second-order valence-electron chi connectivity index (χ2n) is 7.76. The molecule has 0 radical (unpaired) electrons. The van der Waals surface area contributed by atoms with E-state index in [4.69, 9.17) is 0 Å². The van der Waals surface area contributed by atoms with E-state index < -0.39 is 0 Å². The Bertz CT molecular complexity index is 894. The summed E-state index contributed by atoms with van der Waals surface area (Å²) >= 11 is 1.32. The zero-order valence-corrected chi connectivity index (χ0v) is 16.1. The zero-order chi connectivity index (χ0) is 18.3. The molecule has 0 saturated heterocycles. The molecular weight excluding hydrogens is 346 g/mol. The van der Waals surface area contributed by atoms with Gasteiger partial charge in [0.1, 0.15) is 0 Å². The molecule has 138 valence electrons. The van der Waals surface area contributed by atoms with E-state index >= 15 is 0 Å². The van der Waals surface area contributed by atoms with Gasteiger partial charge in [0.15, 0.2) is 5.16 Å². The van der Waals surface area contributed by atoms with E-state index in [9.17, 15) is 9.59 Å². The number of fused-ring (bicyclic) bond motifs is 3. The highest BCUT2D eigenvalue weighted by molar-refractivity contribution is 7.99. The lowest BCUT2D eigenvalue weighted by molar-refractivity contribution is -0.119. The molecule has 1 heterocycles. The van der Waals surface area contributed by atoms with Crippen LogP contribution in [-0.2, 0) is 11.8 Å². The van der Waals surface area contributed by atoms with E-state index in [1.165, 1.54) is 42.0 Å². The normalized spacial score (nSPS) is 25.5. The van der Waals surface area contributed by atoms with Crippen LogP contribution in [-0.4, -0.2) is 27.3 Å². The molecule has 2 saturated carbocycles. The van der Waals surface area contributed by atoms with Crippen molar-refractivity contribution in [3.63, 3.8) is 0 Å². The summed E-state index contributed by atoms with van der Waals surface area (Å²) in [6, 6.07) is 7.54. The summed E-state index contributed by atoms with van der Waals surface area (Å²) in [6.45, 7) is 2.14. The van der Waals surface area contributed by atoms with E-state index in [1.54, 1.807) is 13.1 Å². The number of aromatic nitrogens is 2. The van der Waals surface area contributed by atoms with Crippen molar-refractivity contribution in [2.45, 2.75) is 43.8 Å². The SMILES string of the molecule is C[C@@H](NC(=O)CSc1nc2ccccc2c(=O)n1C)[C@H]1C[C@@H]2CC[C@@H]1C2. The van der Waals surface area contributed by atoms with Crippen LogP contribution in [0.25, 0.3) is 10.9 Å². The third kappa shape index (κ3) is 3.27. The molecule has 2 bridgehead atoms. The molecule has 1 N–H and O–H groups in total.